The van der Waals surface area contributed by atoms with Gasteiger partial charge in [0.1, 0.15) is 17.2 Å². The third-order valence-corrected chi connectivity index (χ3v) is 5.82. The number of nitrogens with one attached hydrogen (secondary N) is 1. The summed E-state index contributed by atoms with van der Waals surface area (Å²) >= 11 is 3.47. The van der Waals surface area contributed by atoms with Crippen LogP contribution >= 0.6 is 15.9 Å². The van der Waals surface area contributed by atoms with Crippen LogP contribution in [0.15, 0.2) is 40.9 Å². The molecule has 0 bridgehead atoms. The number of carbonyl (C=O) groups is 1. The lowest BCUT2D eigenvalue weighted by Crippen LogP contribution is -2.17. The first-order chi connectivity index (χ1) is 15.7. The Morgan fingerprint density at radius 3 is 2.55 bits per heavy atom. The van der Waals surface area contributed by atoms with Crippen molar-refractivity contribution < 1.29 is 14.3 Å². The van der Waals surface area contributed by atoms with Gasteiger partial charge in [0, 0.05) is 4.47 Å². The maximum Gasteiger partial charge on any atom is 0.278 e. The summed E-state index contributed by atoms with van der Waals surface area (Å²) in [5.74, 6) is 0.922. The van der Waals surface area contributed by atoms with Crippen LogP contribution in [0.2, 0.25) is 0 Å². The molecule has 0 aliphatic rings. The maximum absolute atomic E-state index is 13.2. The van der Waals surface area contributed by atoms with Crippen LogP contribution in [0.5, 0.6) is 11.5 Å². The predicted octanol–water partition coefficient (Wildman–Crippen LogP) is 6.08. The molecule has 0 unspecified atom stereocenters. The molecule has 7 nitrogen and oxygen atoms in total. The Bertz CT molecular complexity index is 1140. The van der Waals surface area contributed by atoms with Crippen LogP contribution in [0.1, 0.15) is 62.3 Å². The van der Waals surface area contributed by atoms with E-state index in [0.29, 0.717) is 35.2 Å². The van der Waals surface area contributed by atoms with E-state index in [1.165, 1.54) is 0 Å². The fourth-order valence-corrected chi connectivity index (χ4v) is 3.67. The fourth-order valence-electron chi connectivity index (χ4n) is 3.32. The molecule has 0 saturated heterocycles. The average Bonchev–Trinajstić information content (AvgIpc) is 3.15. The molecule has 0 saturated carbocycles. The number of nitrogens with zero attached hydrogens (tertiary/aromatic N) is 3. The van der Waals surface area contributed by atoms with Crippen LogP contribution in [0.3, 0.4) is 0 Å². The molecule has 3 aromatic rings. The molecule has 0 aliphatic heterocycles. The fraction of sp³-hybridized carbons (Fsp3) is 0.400. The standard InChI is InChI=1S/C25H31BrN4O3/c1-7-8-13-33-21-11-9-17(25(3,4)5)14-19(21)27-24(31)23-16(2)30(29-28-23)20-15-18(26)10-12-22(20)32-6/h9-12,14-15H,7-8,13H2,1-6H3,(H,27,31). The van der Waals surface area contributed by atoms with E-state index in [9.17, 15) is 4.79 Å². The van der Waals surface area contributed by atoms with Crippen molar-refractivity contribution in [1.29, 1.82) is 0 Å². The molecule has 0 spiro atoms. The zero-order valence-corrected chi connectivity index (χ0v) is 21.6. The van der Waals surface area contributed by atoms with Gasteiger partial charge in [0.25, 0.3) is 5.91 Å². The van der Waals surface area contributed by atoms with Crippen LogP contribution < -0.4 is 14.8 Å². The Hall–Kier alpha value is -2.87. The van der Waals surface area contributed by atoms with Gasteiger partial charge in [0.15, 0.2) is 5.69 Å². The van der Waals surface area contributed by atoms with Gasteiger partial charge in [-0.3, -0.25) is 4.79 Å². The monoisotopic (exact) mass is 514 g/mol. The second-order valence-electron chi connectivity index (χ2n) is 8.87. The highest BCUT2D eigenvalue weighted by atomic mass is 79.9. The molecular weight excluding hydrogens is 484 g/mol. The lowest BCUT2D eigenvalue weighted by atomic mass is 9.87. The summed E-state index contributed by atoms with van der Waals surface area (Å²) in [6, 6.07) is 11.5. The highest BCUT2D eigenvalue weighted by Gasteiger charge is 2.22. The third-order valence-electron chi connectivity index (χ3n) is 5.33. The summed E-state index contributed by atoms with van der Waals surface area (Å²) in [7, 11) is 1.59. The first-order valence-corrected chi connectivity index (χ1v) is 11.8. The normalized spacial score (nSPS) is 11.4. The quantitative estimate of drug-likeness (QED) is 0.368. The second-order valence-corrected chi connectivity index (χ2v) is 9.78. The highest BCUT2D eigenvalue weighted by Crippen LogP contribution is 2.33. The Morgan fingerprint density at radius 1 is 1.15 bits per heavy atom. The molecule has 1 heterocycles. The Balaban J connectivity index is 1.94. The van der Waals surface area contributed by atoms with E-state index in [2.05, 4.69) is 59.3 Å². The van der Waals surface area contributed by atoms with E-state index in [0.717, 1.165) is 22.9 Å². The number of hydrogen-bond acceptors (Lipinski definition) is 5. The number of hydrogen-bond donors (Lipinski definition) is 1. The smallest absolute Gasteiger partial charge is 0.278 e. The number of aromatic nitrogens is 3. The average molecular weight is 515 g/mol. The van der Waals surface area contributed by atoms with Crippen molar-refractivity contribution in [3.63, 3.8) is 0 Å². The van der Waals surface area contributed by atoms with Crippen molar-refractivity contribution >= 4 is 27.5 Å². The summed E-state index contributed by atoms with van der Waals surface area (Å²) in [5, 5.41) is 11.4. The number of benzene rings is 2. The highest BCUT2D eigenvalue weighted by molar-refractivity contribution is 9.10. The van der Waals surface area contributed by atoms with E-state index in [1.54, 1.807) is 18.7 Å². The van der Waals surface area contributed by atoms with E-state index < -0.39 is 0 Å². The lowest BCUT2D eigenvalue weighted by Gasteiger charge is -2.21. The molecule has 1 aromatic heterocycles. The van der Waals surface area contributed by atoms with E-state index in [4.69, 9.17) is 9.47 Å². The van der Waals surface area contributed by atoms with Crippen molar-refractivity contribution in [2.24, 2.45) is 0 Å². The van der Waals surface area contributed by atoms with Crippen molar-refractivity contribution in [2.45, 2.75) is 52.9 Å². The molecule has 0 fully saturated rings. The molecule has 0 radical (unpaired) electrons. The number of halogens is 1. The van der Waals surface area contributed by atoms with Crippen molar-refractivity contribution in [3.8, 4) is 17.2 Å². The van der Waals surface area contributed by atoms with Crippen LogP contribution in [-0.4, -0.2) is 34.6 Å². The Kier molecular flexibility index (Phi) is 7.79. The summed E-state index contributed by atoms with van der Waals surface area (Å²) in [5.41, 5.74) is 3.17. The van der Waals surface area contributed by atoms with Crippen molar-refractivity contribution in [2.75, 3.05) is 19.0 Å². The van der Waals surface area contributed by atoms with Gasteiger partial charge < -0.3 is 14.8 Å². The number of carbonyl (C=O) groups excluding carboxylic acids is 1. The molecule has 1 N–H and O–H groups in total. The third kappa shape index (κ3) is 5.74. The number of amides is 1. The van der Waals surface area contributed by atoms with Crippen molar-refractivity contribution in [3.05, 3.63) is 57.8 Å². The summed E-state index contributed by atoms with van der Waals surface area (Å²) in [4.78, 5) is 13.2. The van der Waals surface area contributed by atoms with Gasteiger partial charge in [-0.05, 0) is 54.7 Å². The van der Waals surface area contributed by atoms with Crippen LogP contribution in [0.25, 0.3) is 5.69 Å². The first kappa shape index (κ1) is 24.8. The number of anilines is 1. The Morgan fingerprint density at radius 2 is 1.88 bits per heavy atom. The molecule has 2 aromatic carbocycles. The second kappa shape index (κ2) is 10.4. The van der Waals surface area contributed by atoms with Gasteiger partial charge in [-0.1, -0.05) is 61.3 Å². The molecular formula is C25H31BrN4O3. The molecule has 8 heteroatoms. The molecule has 0 atom stereocenters. The SMILES string of the molecule is CCCCOc1ccc(C(C)(C)C)cc1NC(=O)c1nnn(-c2cc(Br)ccc2OC)c1C. The maximum atomic E-state index is 13.2. The topological polar surface area (TPSA) is 78.3 Å². The van der Waals surface area contributed by atoms with Crippen LogP contribution in [0.4, 0.5) is 5.69 Å². The molecule has 0 aliphatic carbocycles. The van der Waals surface area contributed by atoms with Gasteiger partial charge in [0.2, 0.25) is 0 Å². The lowest BCUT2D eigenvalue weighted by molar-refractivity contribution is 0.102. The summed E-state index contributed by atoms with van der Waals surface area (Å²) in [6.45, 7) is 10.9. The summed E-state index contributed by atoms with van der Waals surface area (Å²) < 4.78 is 13.9. The minimum absolute atomic E-state index is 0.0717. The molecule has 33 heavy (non-hydrogen) atoms. The first-order valence-electron chi connectivity index (χ1n) is 11.0. The van der Waals surface area contributed by atoms with Gasteiger partial charge in [0.05, 0.1) is 25.1 Å². The number of ether oxygens (including phenoxy) is 2. The van der Waals surface area contributed by atoms with Gasteiger partial charge >= 0.3 is 0 Å². The van der Waals surface area contributed by atoms with E-state index >= 15 is 0 Å². The minimum atomic E-state index is -0.348. The number of unbranched alkanes of at least 4 members (excludes halogenated alkanes) is 1. The molecule has 3 rings (SSSR count). The zero-order valence-electron chi connectivity index (χ0n) is 20.0. The number of methoxy groups -OCH3 is 1. The largest absolute Gasteiger partial charge is 0.494 e. The Labute approximate surface area is 203 Å². The molecule has 176 valence electrons. The van der Waals surface area contributed by atoms with Gasteiger partial charge in [-0.2, -0.15) is 0 Å². The summed E-state index contributed by atoms with van der Waals surface area (Å²) in [6.07, 6.45) is 1.97. The zero-order chi connectivity index (χ0) is 24.2. The van der Waals surface area contributed by atoms with Crippen LogP contribution in [-0.2, 0) is 5.41 Å². The predicted molar refractivity (Wildman–Crippen MR) is 134 cm³/mol. The van der Waals surface area contributed by atoms with Crippen molar-refractivity contribution in [1.82, 2.24) is 15.0 Å². The number of rotatable bonds is 8. The van der Waals surface area contributed by atoms with Crippen LogP contribution in [0, 0.1) is 6.92 Å². The van der Waals surface area contributed by atoms with E-state index in [-0.39, 0.29) is 17.0 Å². The van der Waals surface area contributed by atoms with Gasteiger partial charge in [-0.15, -0.1) is 5.10 Å². The van der Waals surface area contributed by atoms with Gasteiger partial charge in [-0.25, -0.2) is 4.68 Å². The molecule has 1 amide bonds. The minimum Gasteiger partial charge on any atom is -0.494 e. The van der Waals surface area contributed by atoms with E-state index in [1.807, 2.05) is 36.4 Å².